The molecule has 2 aromatic heterocycles. The van der Waals surface area contributed by atoms with Gasteiger partial charge in [0.25, 0.3) is 5.56 Å². The maximum atomic E-state index is 13.4. The average molecular weight is 443 g/mol. The summed E-state index contributed by atoms with van der Waals surface area (Å²) < 4.78 is 7.66. The van der Waals surface area contributed by atoms with Crippen molar-refractivity contribution in [3.05, 3.63) is 81.4 Å². The fourth-order valence-corrected chi connectivity index (χ4v) is 5.13. The van der Waals surface area contributed by atoms with Gasteiger partial charge in [-0.3, -0.25) is 4.79 Å². The summed E-state index contributed by atoms with van der Waals surface area (Å²) in [5, 5.41) is 13.7. The van der Waals surface area contributed by atoms with Crippen LogP contribution in [0.25, 0.3) is 10.9 Å². The molecule has 2 atom stereocenters. The van der Waals surface area contributed by atoms with Crippen LogP contribution in [0.1, 0.15) is 41.4 Å². The first-order valence-electron chi connectivity index (χ1n) is 11.5. The Labute approximate surface area is 191 Å². The Hall–Kier alpha value is -3.52. The maximum absolute atomic E-state index is 13.4. The molecule has 4 aromatic rings. The lowest BCUT2D eigenvalue weighted by molar-refractivity contribution is 0.0924. The molecule has 1 N–H and O–H groups in total. The molecule has 1 fully saturated rings. The Kier molecular flexibility index (Phi) is 4.95. The summed E-state index contributed by atoms with van der Waals surface area (Å²) in [5.74, 6) is 0.666. The Morgan fingerprint density at radius 2 is 2.12 bits per heavy atom. The average Bonchev–Trinajstić information content (AvgIpc) is 3.57. The van der Waals surface area contributed by atoms with Crippen molar-refractivity contribution in [3.8, 4) is 0 Å². The standard InChI is InChI=1S/C25H26N6O2/c1-16-8-9-18-14-20(25(32)26-21(18)13-16)23(30-11-10-17-5-2-3-7-22(17)30)24-27-28-29-31(24)15-19-6-4-12-33-19/h2-3,5,7-9,13-14,19,23H,4,6,10-12,15H2,1H3,(H,26,32)/t19-,23+/m1/s1. The smallest absolute Gasteiger partial charge is 0.254 e. The fraction of sp³-hybridized carbons (Fsp3) is 0.360. The van der Waals surface area contributed by atoms with Crippen LogP contribution in [0.2, 0.25) is 0 Å². The van der Waals surface area contributed by atoms with Gasteiger partial charge in [0.1, 0.15) is 6.04 Å². The molecule has 0 bridgehead atoms. The van der Waals surface area contributed by atoms with Gasteiger partial charge in [-0.15, -0.1) is 5.10 Å². The molecule has 2 aliphatic rings. The summed E-state index contributed by atoms with van der Waals surface area (Å²) in [7, 11) is 0. The number of aryl methyl sites for hydroxylation is 1. The van der Waals surface area contributed by atoms with Crippen molar-refractivity contribution < 1.29 is 4.74 Å². The number of pyridine rings is 1. The van der Waals surface area contributed by atoms with Gasteiger partial charge in [-0.05, 0) is 71.3 Å². The topological polar surface area (TPSA) is 88.9 Å². The van der Waals surface area contributed by atoms with Gasteiger partial charge in [-0.2, -0.15) is 0 Å². The minimum Gasteiger partial charge on any atom is -0.376 e. The van der Waals surface area contributed by atoms with Crippen LogP contribution in [0.4, 0.5) is 5.69 Å². The van der Waals surface area contributed by atoms with Gasteiger partial charge >= 0.3 is 0 Å². The molecule has 33 heavy (non-hydrogen) atoms. The van der Waals surface area contributed by atoms with Crippen molar-refractivity contribution in [1.82, 2.24) is 25.2 Å². The fourth-order valence-electron chi connectivity index (χ4n) is 5.13. The highest BCUT2D eigenvalue weighted by Crippen LogP contribution is 2.37. The minimum absolute atomic E-state index is 0.0941. The number of tetrazole rings is 1. The van der Waals surface area contributed by atoms with Crippen LogP contribution >= 0.6 is 0 Å². The lowest BCUT2D eigenvalue weighted by atomic mass is 10.0. The van der Waals surface area contributed by atoms with Gasteiger partial charge in [0.05, 0.1) is 12.6 Å². The third-order valence-electron chi connectivity index (χ3n) is 6.76. The van der Waals surface area contributed by atoms with E-state index < -0.39 is 6.04 Å². The monoisotopic (exact) mass is 442 g/mol. The molecule has 168 valence electrons. The predicted molar refractivity (Wildman–Crippen MR) is 125 cm³/mol. The molecule has 0 radical (unpaired) electrons. The van der Waals surface area contributed by atoms with E-state index in [4.69, 9.17) is 4.74 Å². The Balaban J connectivity index is 1.51. The quantitative estimate of drug-likeness (QED) is 0.511. The number of hydrogen-bond acceptors (Lipinski definition) is 6. The van der Waals surface area contributed by atoms with E-state index in [0.717, 1.165) is 54.6 Å². The molecule has 1 saturated heterocycles. The van der Waals surface area contributed by atoms with Crippen LogP contribution in [0.15, 0.2) is 53.3 Å². The summed E-state index contributed by atoms with van der Waals surface area (Å²) in [6.45, 7) is 4.17. The van der Waals surface area contributed by atoms with Gasteiger partial charge in [0, 0.05) is 29.9 Å². The molecule has 0 saturated carbocycles. The molecular weight excluding hydrogens is 416 g/mol. The third-order valence-corrected chi connectivity index (χ3v) is 6.76. The number of ether oxygens (including phenoxy) is 1. The second kappa shape index (κ2) is 8.12. The zero-order chi connectivity index (χ0) is 22.4. The van der Waals surface area contributed by atoms with E-state index in [9.17, 15) is 4.79 Å². The number of H-pyrrole nitrogens is 1. The number of fused-ring (bicyclic) bond motifs is 2. The first-order valence-corrected chi connectivity index (χ1v) is 11.5. The number of nitrogens with one attached hydrogen (secondary N) is 1. The normalized spacial score (nSPS) is 18.7. The SMILES string of the molecule is Cc1ccc2cc([C@@H](c3nnnn3C[C@H]3CCCO3)N3CCc4ccccc43)c(=O)[nH]c2c1. The number of aromatic amines is 1. The number of para-hydroxylation sites is 1. The highest BCUT2D eigenvalue weighted by atomic mass is 16.5. The zero-order valence-electron chi connectivity index (χ0n) is 18.6. The summed E-state index contributed by atoms with van der Waals surface area (Å²) in [6, 6.07) is 16.1. The third kappa shape index (κ3) is 3.60. The Morgan fingerprint density at radius 3 is 3.00 bits per heavy atom. The number of anilines is 1. The van der Waals surface area contributed by atoms with Gasteiger partial charge in [0.2, 0.25) is 0 Å². The summed E-state index contributed by atoms with van der Waals surface area (Å²) in [4.78, 5) is 18.8. The highest BCUT2D eigenvalue weighted by molar-refractivity contribution is 5.80. The second-order valence-corrected chi connectivity index (χ2v) is 8.97. The van der Waals surface area contributed by atoms with Gasteiger partial charge in [0.15, 0.2) is 5.82 Å². The van der Waals surface area contributed by atoms with E-state index in [-0.39, 0.29) is 11.7 Å². The summed E-state index contributed by atoms with van der Waals surface area (Å²) >= 11 is 0. The summed E-state index contributed by atoms with van der Waals surface area (Å²) in [5.41, 5.74) is 4.87. The zero-order valence-corrected chi connectivity index (χ0v) is 18.6. The Bertz CT molecular complexity index is 1370. The molecule has 6 rings (SSSR count). The lowest BCUT2D eigenvalue weighted by Crippen LogP contribution is -2.35. The van der Waals surface area contributed by atoms with Crippen LogP contribution in [-0.2, 0) is 17.7 Å². The van der Waals surface area contributed by atoms with Crippen molar-refractivity contribution in [2.75, 3.05) is 18.1 Å². The van der Waals surface area contributed by atoms with Crippen molar-refractivity contribution >= 4 is 16.6 Å². The highest BCUT2D eigenvalue weighted by Gasteiger charge is 2.34. The van der Waals surface area contributed by atoms with Crippen molar-refractivity contribution in [3.63, 3.8) is 0 Å². The molecule has 8 nitrogen and oxygen atoms in total. The second-order valence-electron chi connectivity index (χ2n) is 8.97. The molecule has 8 heteroatoms. The first kappa shape index (κ1) is 20.1. The van der Waals surface area contributed by atoms with Crippen LogP contribution < -0.4 is 10.5 Å². The van der Waals surface area contributed by atoms with Crippen molar-refractivity contribution in [2.24, 2.45) is 0 Å². The number of aromatic nitrogens is 5. The molecule has 0 aliphatic carbocycles. The molecular formula is C25H26N6O2. The van der Waals surface area contributed by atoms with Crippen molar-refractivity contribution in [1.29, 1.82) is 0 Å². The van der Waals surface area contributed by atoms with Crippen molar-refractivity contribution in [2.45, 2.75) is 44.9 Å². The van der Waals surface area contributed by atoms with Crippen LogP contribution in [0, 0.1) is 6.92 Å². The molecule has 0 spiro atoms. The minimum atomic E-state index is -0.403. The van der Waals surface area contributed by atoms with Crippen LogP contribution in [0.5, 0.6) is 0 Å². The lowest BCUT2D eigenvalue weighted by Gasteiger charge is -2.29. The van der Waals surface area contributed by atoms with E-state index in [2.05, 4.69) is 55.7 Å². The van der Waals surface area contributed by atoms with Gasteiger partial charge in [-0.1, -0.05) is 30.3 Å². The molecule has 2 aromatic carbocycles. The largest absolute Gasteiger partial charge is 0.376 e. The number of nitrogens with zero attached hydrogens (tertiary/aromatic N) is 5. The van der Waals surface area contributed by atoms with E-state index in [1.54, 1.807) is 0 Å². The van der Waals surface area contributed by atoms with Gasteiger partial charge < -0.3 is 14.6 Å². The first-order chi connectivity index (χ1) is 16.2. The van der Waals surface area contributed by atoms with E-state index >= 15 is 0 Å². The molecule has 4 heterocycles. The predicted octanol–water partition coefficient (Wildman–Crippen LogP) is 3.15. The number of hydrogen-bond donors (Lipinski definition) is 1. The van der Waals surface area contributed by atoms with E-state index in [0.29, 0.717) is 17.9 Å². The molecule has 0 unspecified atom stereocenters. The number of benzene rings is 2. The maximum Gasteiger partial charge on any atom is 0.254 e. The summed E-state index contributed by atoms with van der Waals surface area (Å²) in [6.07, 6.45) is 3.06. The van der Waals surface area contributed by atoms with E-state index in [1.165, 1.54) is 5.56 Å². The van der Waals surface area contributed by atoms with Gasteiger partial charge in [-0.25, -0.2) is 4.68 Å². The van der Waals surface area contributed by atoms with Crippen LogP contribution in [-0.4, -0.2) is 44.4 Å². The molecule has 2 aliphatic heterocycles. The van der Waals surface area contributed by atoms with E-state index in [1.807, 2.05) is 29.8 Å². The Morgan fingerprint density at radius 1 is 1.21 bits per heavy atom. The molecule has 0 amide bonds. The van der Waals surface area contributed by atoms with Crippen LogP contribution in [0.3, 0.4) is 0 Å². The number of rotatable bonds is 5.